The van der Waals surface area contributed by atoms with Crippen molar-refractivity contribution in [2.75, 3.05) is 5.32 Å². The molecular formula is C23H29N5O5Si. The van der Waals surface area contributed by atoms with Gasteiger partial charge in [-0.15, -0.1) is 0 Å². The number of carbonyl (C=O) groups is 2. The monoisotopic (exact) mass is 483 g/mol. The van der Waals surface area contributed by atoms with Gasteiger partial charge < -0.3 is 14.0 Å². The first-order chi connectivity index (χ1) is 16.0. The van der Waals surface area contributed by atoms with E-state index in [-0.39, 0.29) is 22.2 Å². The van der Waals surface area contributed by atoms with E-state index in [2.05, 4.69) is 54.1 Å². The van der Waals surface area contributed by atoms with Crippen LogP contribution in [0.25, 0.3) is 11.2 Å². The first-order valence-corrected chi connectivity index (χ1v) is 14.0. The molecule has 3 atom stereocenters. The Kier molecular flexibility index (Phi) is 6.27. The van der Waals surface area contributed by atoms with Crippen molar-refractivity contribution in [2.24, 2.45) is 0 Å². The number of aldehydes is 1. The molecule has 0 radical (unpaired) electrons. The molecule has 1 saturated heterocycles. The highest BCUT2D eigenvalue weighted by molar-refractivity contribution is 6.74. The second kappa shape index (κ2) is 8.89. The Labute approximate surface area is 197 Å². The highest BCUT2D eigenvalue weighted by Crippen LogP contribution is 2.41. The standard InChI is InChI=1S/C23H29N5O5Si/c1-23(2,3)34(4,5)33-15-11-17(32-16(15)12-29)28-13-24-18-19(28)25-22(27-21(18)31)26-20(30)14-9-7-6-8-10-14/h6-10,12-13,15-17H,11H2,1-5H3,(H2,25,26,27,30,31)/t15-,16+,17+/m0/s1. The Morgan fingerprint density at radius 1 is 1.29 bits per heavy atom. The molecule has 34 heavy (non-hydrogen) atoms. The fraction of sp³-hybridized carbons (Fsp3) is 0.435. The van der Waals surface area contributed by atoms with Gasteiger partial charge in [-0.2, -0.15) is 4.98 Å². The number of anilines is 1. The van der Waals surface area contributed by atoms with Crippen LogP contribution in [0.3, 0.4) is 0 Å². The van der Waals surface area contributed by atoms with Gasteiger partial charge >= 0.3 is 0 Å². The van der Waals surface area contributed by atoms with Gasteiger partial charge in [0.05, 0.1) is 12.4 Å². The maximum atomic E-state index is 12.6. The highest BCUT2D eigenvalue weighted by atomic mass is 28.4. The molecule has 2 N–H and O–H groups in total. The lowest BCUT2D eigenvalue weighted by Gasteiger charge is -2.38. The summed E-state index contributed by atoms with van der Waals surface area (Å²) < 4.78 is 14.0. The molecule has 1 aliphatic rings. The van der Waals surface area contributed by atoms with Crippen molar-refractivity contribution in [1.82, 2.24) is 19.5 Å². The van der Waals surface area contributed by atoms with E-state index >= 15 is 0 Å². The van der Waals surface area contributed by atoms with Crippen LogP contribution in [0.5, 0.6) is 0 Å². The average molecular weight is 484 g/mol. The quantitative estimate of drug-likeness (QED) is 0.407. The summed E-state index contributed by atoms with van der Waals surface area (Å²) in [6.07, 6.45) is 0.860. The zero-order valence-electron chi connectivity index (χ0n) is 19.9. The van der Waals surface area contributed by atoms with Gasteiger partial charge in [0.2, 0.25) is 5.95 Å². The van der Waals surface area contributed by atoms with Gasteiger partial charge in [0.1, 0.15) is 12.3 Å². The molecule has 10 nitrogen and oxygen atoms in total. The Hall–Kier alpha value is -3.15. The summed E-state index contributed by atoms with van der Waals surface area (Å²) in [5.41, 5.74) is 0.288. The zero-order chi connectivity index (χ0) is 24.7. The summed E-state index contributed by atoms with van der Waals surface area (Å²) in [5, 5.41) is 2.59. The van der Waals surface area contributed by atoms with E-state index in [0.717, 1.165) is 6.29 Å². The first kappa shape index (κ1) is 24.0. The first-order valence-electron chi connectivity index (χ1n) is 11.1. The number of aromatic nitrogens is 4. The molecule has 0 bridgehead atoms. The van der Waals surface area contributed by atoms with Crippen molar-refractivity contribution < 1.29 is 18.8 Å². The zero-order valence-corrected chi connectivity index (χ0v) is 20.9. The molecule has 2 aromatic heterocycles. The number of nitrogens with zero attached hydrogens (tertiary/aromatic N) is 3. The Morgan fingerprint density at radius 3 is 2.65 bits per heavy atom. The molecule has 180 valence electrons. The van der Waals surface area contributed by atoms with Crippen LogP contribution in [0.15, 0.2) is 41.5 Å². The van der Waals surface area contributed by atoms with Crippen LogP contribution < -0.4 is 10.9 Å². The third kappa shape index (κ3) is 4.59. The molecule has 3 heterocycles. The Bertz CT molecular complexity index is 1260. The van der Waals surface area contributed by atoms with E-state index in [9.17, 15) is 14.4 Å². The van der Waals surface area contributed by atoms with Gasteiger partial charge in [0, 0.05) is 12.0 Å². The smallest absolute Gasteiger partial charge is 0.280 e. The molecule has 11 heteroatoms. The lowest BCUT2D eigenvalue weighted by molar-refractivity contribution is -0.122. The predicted octanol–water partition coefficient (Wildman–Crippen LogP) is 3.25. The Balaban J connectivity index is 1.61. The van der Waals surface area contributed by atoms with Crippen LogP contribution in [0.1, 0.15) is 43.8 Å². The normalized spacial score (nSPS) is 21.0. The molecule has 4 rings (SSSR count). The third-order valence-electron chi connectivity index (χ3n) is 6.51. The third-order valence-corrected chi connectivity index (χ3v) is 11.0. The molecular weight excluding hydrogens is 454 g/mol. The molecule has 0 spiro atoms. The average Bonchev–Trinajstić information content (AvgIpc) is 3.37. The summed E-state index contributed by atoms with van der Waals surface area (Å²) in [6, 6.07) is 8.60. The molecule has 1 fully saturated rings. The van der Waals surface area contributed by atoms with Gasteiger partial charge in [0.15, 0.2) is 25.8 Å². The van der Waals surface area contributed by atoms with Crippen molar-refractivity contribution >= 4 is 37.6 Å². The van der Waals surface area contributed by atoms with Gasteiger partial charge in [-0.25, -0.2) is 4.98 Å². The maximum absolute atomic E-state index is 12.6. The largest absolute Gasteiger partial charge is 0.411 e. The van der Waals surface area contributed by atoms with E-state index in [1.807, 2.05) is 0 Å². The van der Waals surface area contributed by atoms with Gasteiger partial charge in [-0.05, 0) is 30.3 Å². The summed E-state index contributed by atoms with van der Waals surface area (Å²) in [5.74, 6) is -0.415. The van der Waals surface area contributed by atoms with Gasteiger partial charge in [-0.1, -0.05) is 39.0 Å². The number of hydrogen-bond donors (Lipinski definition) is 2. The molecule has 0 unspecified atom stereocenters. The summed E-state index contributed by atoms with van der Waals surface area (Å²) in [6.45, 7) is 10.6. The lowest BCUT2D eigenvalue weighted by Crippen LogP contribution is -2.46. The van der Waals surface area contributed by atoms with Gasteiger partial charge in [-0.3, -0.25) is 24.5 Å². The summed E-state index contributed by atoms with van der Waals surface area (Å²) in [4.78, 5) is 48.0. The summed E-state index contributed by atoms with van der Waals surface area (Å²) >= 11 is 0. The van der Waals surface area contributed by atoms with E-state index in [1.165, 1.54) is 6.33 Å². The number of benzene rings is 1. The minimum absolute atomic E-state index is 0.00730. The SMILES string of the molecule is CC(C)(C)[Si](C)(C)O[C@H]1C[C@H](n2cnc3c(=O)[nH]c(NC(=O)c4ccccc4)nc32)O[C@@H]1C=O. The molecule has 1 aromatic carbocycles. The van der Waals surface area contributed by atoms with Crippen LogP contribution in [0.2, 0.25) is 18.1 Å². The van der Waals surface area contributed by atoms with E-state index in [4.69, 9.17) is 9.16 Å². The van der Waals surface area contributed by atoms with Crippen LogP contribution in [0.4, 0.5) is 5.95 Å². The summed E-state index contributed by atoms with van der Waals surface area (Å²) in [7, 11) is -2.15. The minimum atomic E-state index is -2.15. The Morgan fingerprint density at radius 2 is 2.00 bits per heavy atom. The molecule has 0 saturated carbocycles. The number of carbonyl (C=O) groups excluding carboxylic acids is 2. The molecule has 0 aliphatic carbocycles. The number of H-pyrrole nitrogens is 1. The maximum Gasteiger partial charge on any atom is 0.280 e. The number of ether oxygens (including phenoxy) is 1. The molecule has 1 aliphatic heterocycles. The predicted molar refractivity (Wildman–Crippen MR) is 129 cm³/mol. The molecule has 1 amide bonds. The number of hydrogen-bond acceptors (Lipinski definition) is 7. The van der Waals surface area contributed by atoms with E-state index < -0.39 is 38.2 Å². The van der Waals surface area contributed by atoms with Crippen molar-refractivity contribution in [3.05, 3.63) is 52.6 Å². The number of nitrogens with one attached hydrogen (secondary N) is 2. The lowest BCUT2D eigenvalue weighted by atomic mass is 10.2. The van der Waals surface area contributed by atoms with Crippen LogP contribution in [0, 0.1) is 0 Å². The second-order valence-corrected chi connectivity index (χ2v) is 14.7. The van der Waals surface area contributed by atoms with Crippen molar-refractivity contribution in [3.8, 4) is 0 Å². The van der Waals surface area contributed by atoms with E-state index in [0.29, 0.717) is 12.0 Å². The highest BCUT2D eigenvalue weighted by Gasteiger charge is 2.45. The topological polar surface area (TPSA) is 128 Å². The van der Waals surface area contributed by atoms with Crippen molar-refractivity contribution in [1.29, 1.82) is 0 Å². The molecule has 3 aromatic rings. The number of imidazole rings is 1. The number of aromatic amines is 1. The number of rotatable bonds is 6. The van der Waals surface area contributed by atoms with Gasteiger partial charge in [0.25, 0.3) is 11.5 Å². The fourth-order valence-electron chi connectivity index (χ4n) is 3.59. The van der Waals surface area contributed by atoms with E-state index in [1.54, 1.807) is 34.9 Å². The number of fused-ring (bicyclic) bond motifs is 1. The van der Waals surface area contributed by atoms with Crippen LogP contribution in [-0.4, -0.2) is 52.2 Å². The fourth-order valence-corrected chi connectivity index (χ4v) is 4.93. The minimum Gasteiger partial charge on any atom is -0.411 e. The number of amides is 1. The van der Waals surface area contributed by atoms with Crippen LogP contribution >= 0.6 is 0 Å². The van der Waals surface area contributed by atoms with Crippen molar-refractivity contribution in [3.63, 3.8) is 0 Å². The van der Waals surface area contributed by atoms with Crippen LogP contribution in [-0.2, 0) is 14.0 Å². The second-order valence-electron chi connectivity index (χ2n) is 9.90. The van der Waals surface area contributed by atoms with Crippen molar-refractivity contribution in [2.45, 2.75) is 63.8 Å².